The van der Waals surface area contributed by atoms with Crippen LogP contribution in [0, 0.1) is 6.92 Å². The quantitative estimate of drug-likeness (QED) is 0.783. The fourth-order valence-electron chi connectivity index (χ4n) is 1.62. The molecule has 0 bridgehead atoms. The van der Waals surface area contributed by atoms with E-state index < -0.39 is 6.10 Å². The van der Waals surface area contributed by atoms with Gasteiger partial charge in [0, 0.05) is 5.56 Å². The minimum atomic E-state index is -0.891. The highest BCUT2D eigenvalue weighted by Crippen LogP contribution is 2.17. The second kappa shape index (κ2) is 5.58. The number of carbonyl (C=O) groups excluding carboxylic acids is 1. The number of phenolic OH excluding ortho intramolecular Hbond substituents is 1. The normalized spacial score (nSPS) is 12.1. The van der Waals surface area contributed by atoms with Crippen LogP contribution in [0.15, 0.2) is 41.0 Å². The first-order valence-corrected chi connectivity index (χ1v) is 5.87. The van der Waals surface area contributed by atoms with Crippen molar-refractivity contribution >= 4 is 5.91 Å². The number of rotatable bonds is 4. The predicted molar refractivity (Wildman–Crippen MR) is 68.8 cm³/mol. The van der Waals surface area contributed by atoms with Gasteiger partial charge in [0.2, 0.25) is 0 Å². The van der Waals surface area contributed by atoms with Crippen LogP contribution in [-0.2, 0) is 0 Å². The third kappa shape index (κ3) is 3.14. The van der Waals surface area contributed by atoms with Crippen molar-refractivity contribution in [1.29, 1.82) is 0 Å². The van der Waals surface area contributed by atoms with Gasteiger partial charge in [-0.2, -0.15) is 0 Å². The monoisotopic (exact) mass is 261 g/mol. The molecule has 0 saturated carbocycles. The maximum Gasteiger partial charge on any atom is 0.251 e. The molecule has 0 spiro atoms. The molecule has 5 heteroatoms. The van der Waals surface area contributed by atoms with E-state index in [2.05, 4.69) is 5.32 Å². The van der Waals surface area contributed by atoms with Gasteiger partial charge in [-0.3, -0.25) is 4.79 Å². The van der Waals surface area contributed by atoms with E-state index >= 15 is 0 Å². The summed E-state index contributed by atoms with van der Waals surface area (Å²) in [6, 6.07) is 7.97. The highest BCUT2D eigenvalue weighted by Gasteiger charge is 2.13. The Morgan fingerprint density at radius 1 is 1.42 bits per heavy atom. The average Bonchev–Trinajstić information content (AvgIpc) is 2.92. The summed E-state index contributed by atoms with van der Waals surface area (Å²) in [7, 11) is 0. The molecule has 1 heterocycles. The van der Waals surface area contributed by atoms with Gasteiger partial charge in [-0.25, -0.2) is 0 Å². The molecule has 1 atom stereocenters. The molecule has 0 radical (unpaired) electrons. The van der Waals surface area contributed by atoms with Gasteiger partial charge < -0.3 is 19.9 Å². The van der Waals surface area contributed by atoms with Crippen molar-refractivity contribution in [2.45, 2.75) is 13.0 Å². The van der Waals surface area contributed by atoms with Crippen LogP contribution >= 0.6 is 0 Å². The van der Waals surface area contributed by atoms with Crippen molar-refractivity contribution in [3.8, 4) is 5.75 Å². The van der Waals surface area contributed by atoms with Gasteiger partial charge in [0.1, 0.15) is 17.6 Å². The first-order valence-electron chi connectivity index (χ1n) is 5.87. The Morgan fingerprint density at radius 2 is 2.21 bits per heavy atom. The number of amides is 1. The predicted octanol–water partition coefficient (Wildman–Crippen LogP) is 1.76. The molecular formula is C14H15NO4. The molecule has 2 aromatic rings. The van der Waals surface area contributed by atoms with Crippen molar-refractivity contribution in [2.24, 2.45) is 0 Å². The molecule has 0 saturated heterocycles. The number of nitrogens with one attached hydrogen (secondary N) is 1. The topological polar surface area (TPSA) is 82.7 Å². The molecule has 2 rings (SSSR count). The van der Waals surface area contributed by atoms with E-state index in [1.54, 1.807) is 31.2 Å². The lowest BCUT2D eigenvalue weighted by molar-refractivity contribution is 0.0900. The van der Waals surface area contributed by atoms with E-state index in [0.29, 0.717) is 16.9 Å². The van der Waals surface area contributed by atoms with Crippen LogP contribution < -0.4 is 5.32 Å². The van der Waals surface area contributed by atoms with Gasteiger partial charge in [-0.05, 0) is 36.8 Å². The summed E-state index contributed by atoms with van der Waals surface area (Å²) in [5.74, 6) is 0.104. The van der Waals surface area contributed by atoms with Crippen LogP contribution in [-0.4, -0.2) is 22.7 Å². The zero-order valence-corrected chi connectivity index (χ0v) is 10.5. The number of furan rings is 1. The lowest BCUT2D eigenvalue weighted by Crippen LogP contribution is -2.28. The van der Waals surface area contributed by atoms with Crippen LogP contribution in [0.2, 0.25) is 0 Å². The molecule has 0 aliphatic heterocycles. The lowest BCUT2D eigenvalue weighted by Gasteiger charge is -2.10. The van der Waals surface area contributed by atoms with Crippen molar-refractivity contribution in [3.05, 3.63) is 53.5 Å². The third-order valence-electron chi connectivity index (χ3n) is 2.80. The number of hydrogen-bond donors (Lipinski definition) is 3. The van der Waals surface area contributed by atoms with Crippen LogP contribution in [0.5, 0.6) is 5.75 Å². The molecule has 1 unspecified atom stereocenters. The fourth-order valence-corrected chi connectivity index (χ4v) is 1.62. The number of carbonyl (C=O) groups is 1. The molecular weight excluding hydrogens is 246 g/mol. The Bertz CT molecular complexity index is 563. The second-order valence-electron chi connectivity index (χ2n) is 4.24. The number of hydrogen-bond acceptors (Lipinski definition) is 4. The highest BCUT2D eigenvalue weighted by molar-refractivity contribution is 5.94. The summed E-state index contributed by atoms with van der Waals surface area (Å²) < 4.78 is 5.03. The van der Waals surface area contributed by atoms with Crippen LogP contribution in [0.3, 0.4) is 0 Å². The number of aryl methyl sites for hydroxylation is 1. The molecule has 19 heavy (non-hydrogen) atoms. The first kappa shape index (κ1) is 13.2. The van der Waals surface area contributed by atoms with Crippen LogP contribution in [0.4, 0.5) is 0 Å². The van der Waals surface area contributed by atoms with E-state index in [0.717, 1.165) is 0 Å². The van der Waals surface area contributed by atoms with E-state index in [-0.39, 0.29) is 18.2 Å². The second-order valence-corrected chi connectivity index (χ2v) is 4.24. The Kier molecular flexibility index (Phi) is 3.87. The van der Waals surface area contributed by atoms with E-state index in [1.807, 2.05) is 0 Å². The van der Waals surface area contributed by atoms with Crippen molar-refractivity contribution in [3.63, 3.8) is 0 Å². The van der Waals surface area contributed by atoms with Crippen LogP contribution in [0.1, 0.15) is 27.8 Å². The van der Waals surface area contributed by atoms with Gasteiger partial charge in [0.15, 0.2) is 0 Å². The Labute approximate surface area is 110 Å². The number of aromatic hydroxyl groups is 1. The smallest absolute Gasteiger partial charge is 0.251 e. The van der Waals surface area contributed by atoms with Gasteiger partial charge in [0.25, 0.3) is 5.91 Å². The minimum Gasteiger partial charge on any atom is -0.508 e. The lowest BCUT2D eigenvalue weighted by atomic mass is 10.1. The molecule has 1 aromatic carbocycles. The number of aliphatic hydroxyl groups excluding tert-OH is 1. The average molecular weight is 261 g/mol. The van der Waals surface area contributed by atoms with Crippen molar-refractivity contribution < 1.29 is 19.4 Å². The largest absolute Gasteiger partial charge is 0.508 e. The van der Waals surface area contributed by atoms with Crippen LogP contribution in [0.25, 0.3) is 0 Å². The zero-order chi connectivity index (χ0) is 13.8. The zero-order valence-electron chi connectivity index (χ0n) is 10.5. The Hall–Kier alpha value is -2.27. The van der Waals surface area contributed by atoms with Crippen molar-refractivity contribution in [2.75, 3.05) is 6.54 Å². The number of benzene rings is 1. The van der Waals surface area contributed by atoms with E-state index in [9.17, 15) is 15.0 Å². The summed E-state index contributed by atoms with van der Waals surface area (Å²) >= 11 is 0. The summed E-state index contributed by atoms with van der Waals surface area (Å²) in [5.41, 5.74) is 1.04. The molecule has 0 aliphatic rings. The van der Waals surface area contributed by atoms with Gasteiger partial charge in [0.05, 0.1) is 12.8 Å². The summed E-state index contributed by atoms with van der Waals surface area (Å²) in [5, 5.41) is 21.9. The van der Waals surface area contributed by atoms with E-state index in [1.165, 1.54) is 12.3 Å². The highest BCUT2D eigenvalue weighted by atomic mass is 16.4. The molecule has 0 fully saturated rings. The van der Waals surface area contributed by atoms with Gasteiger partial charge in [-0.15, -0.1) is 0 Å². The molecule has 0 aliphatic carbocycles. The molecule has 5 nitrogen and oxygen atoms in total. The van der Waals surface area contributed by atoms with E-state index in [4.69, 9.17) is 4.42 Å². The van der Waals surface area contributed by atoms with Gasteiger partial charge in [-0.1, -0.05) is 6.07 Å². The van der Waals surface area contributed by atoms with Crippen molar-refractivity contribution in [1.82, 2.24) is 5.32 Å². The first-order chi connectivity index (χ1) is 9.08. The maximum absolute atomic E-state index is 11.8. The third-order valence-corrected chi connectivity index (χ3v) is 2.80. The summed E-state index contributed by atoms with van der Waals surface area (Å²) in [6.07, 6.45) is 0.566. The number of aliphatic hydroxyl groups is 1. The molecule has 1 aromatic heterocycles. The Morgan fingerprint density at radius 3 is 2.84 bits per heavy atom. The summed E-state index contributed by atoms with van der Waals surface area (Å²) in [6.45, 7) is 1.79. The molecule has 3 N–H and O–H groups in total. The maximum atomic E-state index is 11.8. The molecule has 1 amide bonds. The van der Waals surface area contributed by atoms with Gasteiger partial charge >= 0.3 is 0 Å². The Balaban J connectivity index is 1.96. The SMILES string of the molecule is Cc1ccc(C(=O)NCC(O)c2ccco2)cc1O. The standard InChI is InChI=1S/C14H15NO4/c1-9-4-5-10(7-11(9)16)14(18)15-8-12(17)13-3-2-6-19-13/h2-7,12,16-17H,8H2,1H3,(H,15,18). The molecule has 100 valence electrons. The minimum absolute atomic E-state index is 0.0426. The summed E-state index contributed by atoms with van der Waals surface area (Å²) in [4.78, 5) is 11.8. The fraction of sp³-hybridized carbons (Fsp3) is 0.214. The number of phenols is 1.